The lowest BCUT2D eigenvalue weighted by molar-refractivity contribution is -0.398. The molecule has 0 amide bonds. The molecule has 2 aliphatic rings. The van der Waals surface area contributed by atoms with Gasteiger partial charge in [-0.15, -0.1) is 0 Å². The van der Waals surface area contributed by atoms with Crippen molar-refractivity contribution in [3.8, 4) is 0 Å². The van der Waals surface area contributed by atoms with E-state index < -0.39 is 54.8 Å². The normalized spacial score (nSPS) is 22.9. The average molecular weight is 1060 g/mol. The minimum Gasteiger partial charge on any atom is -0.374 e. The molecule has 2 aliphatic heterocycles. The van der Waals surface area contributed by atoms with Gasteiger partial charge in [-0.1, -0.05) is 243 Å². The first-order chi connectivity index (χ1) is 39.1. The van der Waals surface area contributed by atoms with Crippen LogP contribution in [0.2, 0.25) is 0 Å². The Hall–Kier alpha value is -6.68. The van der Waals surface area contributed by atoms with Crippen LogP contribution in [-0.4, -0.2) is 74.6 Å². The van der Waals surface area contributed by atoms with E-state index in [-0.39, 0.29) is 59.5 Å². The summed E-state index contributed by atoms with van der Waals surface area (Å²) in [4.78, 5) is 0. The highest BCUT2D eigenvalue weighted by Crippen LogP contribution is 2.42. The summed E-state index contributed by atoms with van der Waals surface area (Å²) in [5, 5.41) is 0. The molecule has 11 heteroatoms. The Morgan fingerprint density at radius 1 is 0.291 bits per heavy atom. The zero-order valence-electron chi connectivity index (χ0n) is 44.5. The van der Waals surface area contributed by atoms with Crippen LogP contribution in [0.5, 0.6) is 0 Å². The van der Waals surface area contributed by atoms with E-state index in [2.05, 4.69) is 0 Å². The Morgan fingerprint density at radius 2 is 0.595 bits per heavy atom. The molecule has 2 heterocycles. The molecule has 11 nitrogen and oxygen atoms in total. The predicted molar refractivity (Wildman–Crippen MR) is 301 cm³/mol. The summed E-state index contributed by atoms with van der Waals surface area (Å²) >= 11 is 0. The molecule has 0 aromatic heterocycles. The number of rotatable bonds is 29. The van der Waals surface area contributed by atoms with Gasteiger partial charge in [0.2, 0.25) is 5.79 Å². The highest BCUT2D eigenvalue weighted by atomic mass is 16.8. The Balaban J connectivity index is 1.07. The molecule has 0 bridgehead atoms. The van der Waals surface area contributed by atoms with E-state index in [9.17, 15) is 0 Å². The summed E-state index contributed by atoms with van der Waals surface area (Å²) in [5.74, 6) is -1.72. The quantitative estimate of drug-likeness (QED) is 0.0448. The maximum Gasteiger partial charge on any atom is 0.224 e. The van der Waals surface area contributed by atoms with E-state index in [1.54, 1.807) is 0 Å². The summed E-state index contributed by atoms with van der Waals surface area (Å²) in [7, 11) is 0. The molecule has 408 valence electrons. The van der Waals surface area contributed by atoms with Crippen molar-refractivity contribution in [3.63, 3.8) is 0 Å². The topological polar surface area (TPSA) is 102 Å². The molecule has 0 N–H and O–H groups in total. The van der Waals surface area contributed by atoms with Crippen molar-refractivity contribution < 1.29 is 52.1 Å². The third-order valence-corrected chi connectivity index (χ3v) is 14.0. The van der Waals surface area contributed by atoms with Gasteiger partial charge in [0.15, 0.2) is 6.29 Å². The van der Waals surface area contributed by atoms with Crippen molar-refractivity contribution in [2.24, 2.45) is 0 Å². The summed E-state index contributed by atoms with van der Waals surface area (Å²) in [6.07, 6.45) is -6.80. The molecule has 79 heavy (non-hydrogen) atoms. The fourth-order valence-electron chi connectivity index (χ4n) is 9.94. The van der Waals surface area contributed by atoms with Crippen molar-refractivity contribution in [1.82, 2.24) is 0 Å². The maximum atomic E-state index is 7.70. The Labute approximate surface area is 464 Å². The van der Waals surface area contributed by atoms with Gasteiger partial charge in [0.25, 0.3) is 0 Å². The molecule has 2 saturated heterocycles. The summed E-state index contributed by atoms with van der Waals surface area (Å²) in [6, 6.07) is 80.5. The first kappa shape index (κ1) is 55.6. The minimum atomic E-state index is -1.72. The van der Waals surface area contributed by atoms with Gasteiger partial charge < -0.3 is 52.1 Å². The molecule has 0 spiro atoms. The first-order valence-corrected chi connectivity index (χ1v) is 27.3. The van der Waals surface area contributed by atoms with Gasteiger partial charge in [-0.25, -0.2) is 0 Å². The van der Waals surface area contributed by atoms with E-state index in [1.165, 1.54) is 0 Å². The van der Waals surface area contributed by atoms with Gasteiger partial charge in [0, 0.05) is 0 Å². The smallest absolute Gasteiger partial charge is 0.224 e. The van der Waals surface area contributed by atoms with Crippen molar-refractivity contribution in [2.45, 2.75) is 108 Å². The SMILES string of the molecule is c1ccc(COC[C@H]2O[C@](COCc3ccccc3)(O[C@H]3O[C@H](COCc4ccccc4)[C@@H](OCc4ccccc4)[C@H](OCc4ccccc4)[C@H]3OCc3ccccc3)[C@@H](OCc3ccccc3)[C@@H]2OCc2ccccc2)cc1. The Kier molecular flexibility index (Phi) is 20.8. The largest absolute Gasteiger partial charge is 0.374 e. The summed E-state index contributed by atoms with van der Waals surface area (Å²) in [6.45, 7) is 2.26. The van der Waals surface area contributed by atoms with Crippen molar-refractivity contribution >= 4 is 0 Å². The van der Waals surface area contributed by atoms with Crippen molar-refractivity contribution in [2.75, 3.05) is 19.8 Å². The van der Waals surface area contributed by atoms with Crippen molar-refractivity contribution in [3.05, 3.63) is 287 Å². The zero-order valence-corrected chi connectivity index (χ0v) is 44.5. The fraction of sp³-hybridized carbons (Fsp3) is 0.294. The molecule has 0 aliphatic carbocycles. The average Bonchev–Trinajstić information content (AvgIpc) is 4.06. The molecule has 9 atom stereocenters. The molecular formula is C68H70O11. The van der Waals surface area contributed by atoms with Gasteiger partial charge in [0.1, 0.15) is 49.3 Å². The number of hydrogen-bond donors (Lipinski definition) is 0. The number of ether oxygens (including phenoxy) is 11. The maximum absolute atomic E-state index is 7.70. The lowest BCUT2D eigenvalue weighted by atomic mass is 9.97. The molecule has 0 radical (unpaired) electrons. The second-order valence-corrected chi connectivity index (χ2v) is 19.9. The standard InChI is InChI=1S/C68H70O11/c1-9-25-52(26-10-1)41-69-49-60-62(72-44-55-31-15-4-16-32-55)64(74-46-57-35-19-6-20-36-57)65(75-47-58-37-21-7-22-38-58)67(77-60)79-68(51-71-43-54-29-13-3-14-30-54)66(76-48-59-39-23-8-24-40-59)63(73-45-56-33-17-5-18-34-56)61(78-68)50-70-42-53-27-11-2-12-28-53/h1-40,60-67H,41-51H2/t60-,61-,62-,63-,64+,65-,66+,67-,68-/m1/s1. The van der Waals surface area contributed by atoms with Crippen LogP contribution in [0.15, 0.2) is 243 Å². The molecule has 0 unspecified atom stereocenters. The van der Waals surface area contributed by atoms with Crippen LogP contribution < -0.4 is 0 Å². The Morgan fingerprint density at radius 3 is 0.987 bits per heavy atom. The summed E-state index contributed by atoms with van der Waals surface area (Å²) < 4.78 is 78.1. The van der Waals surface area contributed by atoms with Gasteiger partial charge in [-0.2, -0.15) is 0 Å². The van der Waals surface area contributed by atoms with Crippen LogP contribution >= 0.6 is 0 Å². The van der Waals surface area contributed by atoms with E-state index in [0.717, 1.165) is 44.5 Å². The van der Waals surface area contributed by atoms with E-state index in [1.807, 2.05) is 243 Å². The van der Waals surface area contributed by atoms with Gasteiger partial charge in [-0.3, -0.25) is 0 Å². The molecule has 8 aromatic carbocycles. The van der Waals surface area contributed by atoms with Gasteiger partial charge in [0.05, 0.1) is 66.1 Å². The van der Waals surface area contributed by atoms with E-state index in [0.29, 0.717) is 13.2 Å². The van der Waals surface area contributed by atoms with Crippen molar-refractivity contribution in [1.29, 1.82) is 0 Å². The zero-order chi connectivity index (χ0) is 53.6. The molecular weight excluding hydrogens is 993 g/mol. The van der Waals surface area contributed by atoms with Crippen LogP contribution in [0.25, 0.3) is 0 Å². The van der Waals surface area contributed by atoms with E-state index >= 15 is 0 Å². The fourth-order valence-corrected chi connectivity index (χ4v) is 9.94. The predicted octanol–water partition coefficient (Wildman–Crippen LogP) is 12.4. The van der Waals surface area contributed by atoms with Crippen LogP contribution in [0.1, 0.15) is 44.5 Å². The minimum absolute atomic E-state index is 0.106. The van der Waals surface area contributed by atoms with E-state index in [4.69, 9.17) is 52.1 Å². The Bertz CT molecular complexity index is 2910. The molecule has 10 rings (SSSR count). The highest BCUT2D eigenvalue weighted by Gasteiger charge is 2.62. The number of benzene rings is 8. The number of hydrogen-bond acceptors (Lipinski definition) is 11. The van der Waals surface area contributed by atoms with Crippen LogP contribution in [-0.2, 0) is 105 Å². The first-order valence-electron chi connectivity index (χ1n) is 27.3. The second kappa shape index (κ2) is 29.5. The van der Waals surface area contributed by atoms with Crippen LogP contribution in [0.4, 0.5) is 0 Å². The highest BCUT2D eigenvalue weighted by molar-refractivity contribution is 5.20. The van der Waals surface area contributed by atoms with Crippen LogP contribution in [0.3, 0.4) is 0 Å². The lowest BCUT2D eigenvalue weighted by Crippen LogP contribution is -2.64. The second-order valence-electron chi connectivity index (χ2n) is 19.9. The third-order valence-electron chi connectivity index (χ3n) is 14.0. The lowest BCUT2D eigenvalue weighted by Gasteiger charge is -2.48. The molecule has 0 saturated carbocycles. The molecule has 8 aromatic rings. The van der Waals surface area contributed by atoms with Gasteiger partial charge >= 0.3 is 0 Å². The van der Waals surface area contributed by atoms with Crippen LogP contribution in [0, 0.1) is 0 Å². The van der Waals surface area contributed by atoms with Gasteiger partial charge in [-0.05, 0) is 44.5 Å². The monoisotopic (exact) mass is 1060 g/mol. The molecule has 2 fully saturated rings. The summed E-state index contributed by atoms with van der Waals surface area (Å²) in [5.41, 5.74) is 7.86. The third kappa shape index (κ3) is 16.2.